The van der Waals surface area contributed by atoms with Crippen molar-refractivity contribution in [2.45, 2.75) is 6.18 Å². The fourth-order valence-electron chi connectivity index (χ4n) is 2.67. The fraction of sp³-hybridized carbons (Fsp3) is 0.0556. The van der Waals surface area contributed by atoms with Gasteiger partial charge in [0, 0.05) is 0 Å². The van der Waals surface area contributed by atoms with Crippen molar-refractivity contribution in [2.75, 3.05) is 16.4 Å². The summed E-state index contributed by atoms with van der Waals surface area (Å²) >= 11 is 1.68. The summed E-state index contributed by atoms with van der Waals surface area (Å²) in [6.45, 7) is 0. The van der Waals surface area contributed by atoms with Crippen molar-refractivity contribution in [3.63, 3.8) is 0 Å². The van der Waals surface area contributed by atoms with Crippen LogP contribution in [0.1, 0.15) is 36.0 Å². The second-order valence-electron chi connectivity index (χ2n) is 6.06. The molecule has 31 heavy (non-hydrogen) atoms. The smallest absolute Gasteiger partial charge is 0.397 e. The van der Waals surface area contributed by atoms with Gasteiger partial charge in [-0.1, -0.05) is 12.1 Å². The predicted octanol–water partition coefficient (Wildman–Crippen LogP) is 3.60. The van der Waals surface area contributed by atoms with Crippen molar-refractivity contribution < 1.29 is 27.6 Å². The Bertz CT molecular complexity index is 1190. The number of halogens is 3. The molecule has 0 aliphatic rings. The van der Waals surface area contributed by atoms with Gasteiger partial charge in [0.2, 0.25) is 0 Å². The molecule has 8 N–H and O–H groups in total. The topological polar surface area (TPSA) is 153 Å². The molecule has 0 saturated heterocycles. The Hall–Kier alpha value is -3.58. The van der Waals surface area contributed by atoms with Gasteiger partial charge >= 0.3 is 6.18 Å². The number of nitrogens with two attached hydrogens (primary N) is 3. The molecule has 0 aliphatic heterocycles. The number of carbonyl (C=O) groups is 3. The lowest BCUT2D eigenvalue weighted by molar-refractivity contribution is -0.136. The molecule has 2 aromatic heterocycles. The van der Waals surface area contributed by atoms with Gasteiger partial charge in [0.25, 0.3) is 17.7 Å². The quantitative estimate of drug-likeness (QED) is 0.373. The van der Waals surface area contributed by atoms with Gasteiger partial charge < -0.3 is 27.8 Å². The number of rotatable bonds is 6. The average Bonchev–Trinajstić information content (AvgIpc) is 3.25. The van der Waals surface area contributed by atoms with Crippen LogP contribution in [-0.4, -0.2) is 17.7 Å². The van der Waals surface area contributed by atoms with Gasteiger partial charge in [-0.25, -0.2) is 0 Å². The van der Waals surface area contributed by atoms with E-state index in [1.165, 1.54) is 23.6 Å². The molecule has 0 saturated carbocycles. The Kier molecular flexibility index (Phi) is 5.90. The van der Waals surface area contributed by atoms with E-state index >= 15 is 0 Å². The summed E-state index contributed by atoms with van der Waals surface area (Å²) in [5.41, 5.74) is 14.6. The molecule has 0 aliphatic carbocycles. The minimum atomic E-state index is -4.66. The third-order valence-electron chi connectivity index (χ3n) is 4.04. The van der Waals surface area contributed by atoms with Gasteiger partial charge in [0.1, 0.15) is 14.9 Å². The Morgan fingerprint density at radius 2 is 1.65 bits per heavy atom. The monoisotopic (exact) mass is 469 g/mol. The number of primary amides is 2. The normalized spacial score (nSPS) is 11.2. The van der Waals surface area contributed by atoms with Crippen LogP contribution in [0.5, 0.6) is 0 Å². The number of thiophene rings is 2. The lowest BCUT2D eigenvalue weighted by atomic mass is 10.1. The maximum Gasteiger partial charge on any atom is 0.418 e. The minimum Gasteiger partial charge on any atom is -0.397 e. The van der Waals surface area contributed by atoms with E-state index in [0.29, 0.717) is 11.3 Å². The first kappa shape index (κ1) is 22.1. The van der Waals surface area contributed by atoms with Crippen molar-refractivity contribution >= 4 is 61.8 Å². The number of para-hydroxylation sites is 1. The summed E-state index contributed by atoms with van der Waals surface area (Å²) in [7, 11) is 0. The van der Waals surface area contributed by atoms with Crippen LogP contribution in [0.25, 0.3) is 0 Å². The number of nitrogens with one attached hydrogen (secondary N) is 2. The van der Waals surface area contributed by atoms with Crippen molar-refractivity contribution in [1.29, 1.82) is 0 Å². The number of carbonyl (C=O) groups excluding carboxylic acids is 3. The lowest BCUT2D eigenvalue weighted by Gasteiger charge is -2.14. The Morgan fingerprint density at radius 1 is 0.968 bits per heavy atom. The molecule has 3 amide bonds. The summed E-state index contributed by atoms with van der Waals surface area (Å²) in [6.07, 6.45) is -4.66. The summed E-state index contributed by atoms with van der Waals surface area (Å²) in [5.74, 6) is -2.58. The molecule has 3 rings (SSSR count). The van der Waals surface area contributed by atoms with E-state index < -0.39 is 29.5 Å². The van der Waals surface area contributed by atoms with E-state index in [1.807, 2.05) is 0 Å². The van der Waals surface area contributed by atoms with Crippen molar-refractivity contribution in [1.82, 2.24) is 0 Å². The van der Waals surface area contributed by atoms with Crippen LogP contribution >= 0.6 is 22.7 Å². The number of hydrogen-bond acceptors (Lipinski definition) is 7. The van der Waals surface area contributed by atoms with Gasteiger partial charge in [-0.05, 0) is 23.6 Å². The van der Waals surface area contributed by atoms with E-state index in [-0.39, 0.29) is 37.4 Å². The van der Waals surface area contributed by atoms with Crippen LogP contribution in [0.3, 0.4) is 0 Å². The van der Waals surface area contributed by atoms with Crippen molar-refractivity contribution in [2.24, 2.45) is 11.5 Å². The number of nitrogen functional groups attached to an aromatic ring is 1. The van der Waals surface area contributed by atoms with Crippen molar-refractivity contribution in [3.8, 4) is 0 Å². The van der Waals surface area contributed by atoms with Crippen molar-refractivity contribution in [3.05, 3.63) is 57.3 Å². The third kappa shape index (κ3) is 4.46. The summed E-state index contributed by atoms with van der Waals surface area (Å²) < 4.78 is 39.9. The number of benzene rings is 1. The second-order valence-corrected chi connectivity index (χ2v) is 8.00. The number of alkyl halides is 3. The molecule has 0 atom stereocenters. The molecular formula is C18H14F3N5O3S2. The van der Waals surface area contributed by atoms with Gasteiger partial charge in [-0.2, -0.15) is 13.2 Å². The van der Waals surface area contributed by atoms with Gasteiger partial charge in [-0.3, -0.25) is 14.4 Å². The highest BCUT2D eigenvalue weighted by molar-refractivity contribution is 7.19. The van der Waals surface area contributed by atoms with Crippen LogP contribution in [-0.2, 0) is 6.18 Å². The van der Waals surface area contributed by atoms with Crippen LogP contribution in [0.4, 0.5) is 34.5 Å². The second kappa shape index (κ2) is 8.28. The molecule has 3 aromatic rings. The highest BCUT2D eigenvalue weighted by Gasteiger charge is 2.34. The molecule has 0 bridgehead atoms. The van der Waals surface area contributed by atoms with E-state index in [2.05, 4.69) is 10.6 Å². The van der Waals surface area contributed by atoms with E-state index in [9.17, 15) is 27.6 Å². The fourth-order valence-corrected chi connectivity index (χ4v) is 4.49. The SMILES string of the molecule is NC(=O)c1ccsc1NC(=O)c1sc(Nc2ccccc2C(F)(F)F)c(C(N)=O)c1N. The van der Waals surface area contributed by atoms with E-state index in [1.54, 1.807) is 0 Å². The average molecular weight is 469 g/mol. The molecule has 0 spiro atoms. The summed E-state index contributed by atoms with van der Waals surface area (Å²) in [5, 5.41) is 6.51. The number of amides is 3. The minimum absolute atomic E-state index is 0.0704. The Morgan fingerprint density at radius 3 is 2.26 bits per heavy atom. The molecular weight excluding hydrogens is 455 g/mol. The Balaban J connectivity index is 2.00. The molecule has 0 unspecified atom stereocenters. The number of anilines is 4. The number of hydrogen-bond donors (Lipinski definition) is 5. The molecule has 162 valence electrons. The van der Waals surface area contributed by atoms with Gasteiger partial charge in [-0.15, -0.1) is 22.7 Å². The zero-order valence-electron chi connectivity index (χ0n) is 15.4. The van der Waals surface area contributed by atoms with E-state index in [0.717, 1.165) is 23.5 Å². The molecule has 8 nitrogen and oxygen atoms in total. The third-order valence-corrected chi connectivity index (χ3v) is 5.99. The Labute approximate surface area is 180 Å². The van der Waals surface area contributed by atoms with Crippen LogP contribution in [0.15, 0.2) is 35.7 Å². The van der Waals surface area contributed by atoms with Crippen LogP contribution in [0.2, 0.25) is 0 Å². The summed E-state index contributed by atoms with van der Waals surface area (Å²) in [4.78, 5) is 35.8. The summed E-state index contributed by atoms with van der Waals surface area (Å²) in [6, 6.07) is 6.01. The first-order valence-corrected chi connectivity index (χ1v) is 10.0. The zero-order chi connectivity index (χ0) is 22.9. The van der Waals surface area contributed by atoms with Gasteiger partial charge in [0.05, 0.1) is 28.1 Å². The standard InChI is InChI=1S/C18H14F3N5O3S2/c19-18(20,21)8-3-1-2-4-9(8)25-17-10(14(24)28)11(22)12(31-17)15(29)26-16-7(13(23)27)5-6-30-16/h1-6,25H,22H2,(H2,23,27)(H2,24,28)(H,26,29). The van der Waals surface area contributed by atoms with Crippen LogP contribution in [0, 0.1) is 0 Å². The largest absolute Gasteiger partial charge is 0.418 e. The molecule has 0 radical (unpaired) electrons. The molecule has 0 fully saturated rings. The highest BCUT2D eigenvalue weighted by Crippen LogP contribution is 2.41. The highest BCUT2D eigenvalue weighted by atomic mass is 32.1. The molecule has 2 heterocycles. The van der Waals surface area contributed by atoms with Crippen LogP contribution < -0.4 is 27.8 Å². The maximum atomic E-state index is 13.3. The molecule has 13 heteroatoms. The predicted molar refractivity (Wildman–Crippen MR) is 113 cm³/mol. The maximum absolute atomic E-state index is 13.3. The molecule has 1 aromatic carbocycles. The zero-order valence-corrected chi connectivity index (χ0v) is 17.0. The van der Waals surface area contributed by atoms with Gasteiger partial charge in [0.15, 0.2) is 0 Å². The van der Waals surface area contributed by atoms with E-state index in [4.69, 9.17) is 17.2 Å². The lowest BCUT2D eigenvalue weighted by Crippen LogP contribution is -2.18. The first-order valence-electron chi connectivity index (χ1n) is 8.34. The first-order chi connectivity index (χ1) is 14.5.